The average molecular weight is 223 g/mol. The van der Waals surface area contributed by atoms with E-state index in [1.165, 1.54) is 25.3 Å². The Morgan fingerprint density at radius 1 is 1.56 bits per heavy atom. The topological polar surface area (TPSA) is 89.7 Å². The van der Waals surface area contributed by atoms with Crippen molar-refractivity contribution in [1.29, 1.82) is 0 Å². The molecule has 0 radical (unpaired) electrons. The number of methoxy groups -OCH3 is 1. The normalized spacial score (nSPS) is 10.3. The monoisotopic (exact) mass is 223 g/mol. The van der Waals surface area contributed by atoms with Gasteiger partial charge in [-0.1, -0.05) is 6.07 Å². The van der Waals surface area contributed by atoms with Crippen LogP contribution in [0.5, 0.6) is 5.75 Å². The van der Waals surface area contributed by atoms with E-state index in [2.05, 4.69) is 0 Å². The zero-order valence-electron chi connectivity index (χ0n) is 8.41. The van der Waals surface area contributed by atoms with E-state index in [0.717, 1.165) is 12.2 Å². The second-order valence-electron chi connectivity index (χ2n) is 2.82. The Morgan fingerprint density at radius 2 is 2.25 bits per heavy atom. The molecule has 6 nitrogen and oxygen atoms in total. The molecule has 1 rings (SSSR count). The third-order valence-corrected chi connectivity index (χ3v) is 1.85. The predicted octanol–water partition coefficient (Wildman–Crippen LogP) is 1.70. The Balaban J connectivity index is 3.30. The molecule has 0 saturated heterocycles. The lowest BCUT2D eigenvalue weighted by Gasteiger charge is -2.04. The first kappa shape index (κ1) is 11.7. The van der Waals surface area contributed by atoms with Crippen LogP contribution in [0.25, 0.3) is 6.08 Å². The molecule has 0 unspecified atom stereocenters. The van der Waals surface area contributed by atoms with Crippen LogP contribution in [0.1, 0.15) is 5.56 Å². The summed E-state index contributed by atoms with van der Waals surface area (Å²) >= 11 is 0. The molecule has 0 spiro atoms. The van der Waals surface area contributed by atoms with E-state index in [9.17, 15) is 14.9 Å². The van der Waals surface area contributed by atoms with Crippen LogP contribution in [0.15, 0.2) is 24.3 Å². The highest BCUT2D eigenvalue weighted by atomic mass is 16.6. The number of rotatable bonds is 4. The van der Waals surface area contributed by atoms with Crippen molar-refractivity contribution in [3.8, 4) is 5.75 Å². The molecular formula is C10H9NO5. The molecule has 0 aliphatic carbocycles. The zero-order chi connectivity index (χ0) is 12.1. The number of hydrogen-bond donors (Lipinski definition) is 1. The molecule has 0 saturated carbocycles. The molecule has 1 N–H and O–H groups in total. The largest absolute Gasteiger partial charge is 0.496 e. The van der Waals surface area contributed by atoms with Crippen molar-refractivity contribution in [2.24, 2.45) is 0 Å². The van der Waals surface area contributed by atoms with Gasteiger partial charge in [-0.25, -0.2) is 4.79 Å². The fraction of sp³-hybridized carbons (Fsp3) is 0.100. The van der Waals surface area contributed by atoms with E-state index in [-0.39, 0.29) is 17.0 Å². The number of carboxylic acid groups (broad SMARTS) is 1. The van der Waals surface area contributed by atoms with Gasteiger partial charge in [0.1, 0.15) is 5.75 Å². The zero-order valence-corrected chi connectivity index (χ0v) is 8.41. The minimum atomic E-state index is -1.18. The number of carbonyl (C=O) groups is 1. The lowest BCUT2D eigenvalue weighted by atomic mass is 10.1. The molecule has 0 amide bonds. The lowest BCUT2D eigenvalue weighted by molar-refractivity contribution is -0.385. The number of nitro groups is 1. The van der Waals surface area contributed by atoms with Crippen LogP contribution in [-0.2, 0) is 4.79 Å². The summed E-state index contributed by atoms with van der Waals surface area (Å²) in [6.07, 6.45) is 1.96. The minimum Gasteiger partial charge on any atom is -0.496 e. The van der Waals surface area contributed by atoms with Gasteiger partial charge >= 0.3 is 5.97 Å². The Hall–Kier alpha value is -2.37. The number of hydrogen-bond acceptors (Lipinski definition) is 4. The number of benzene rings is 1. The highest BCUT2D eigenvalue weighted by molar-refractivity contribution is 5.87. The maximum Gasteiger partial charge on any atom is 0.328 e. The summed E-state index contributed by atoms with van der Waals surface area (Å²) in [5.74, 6) is -0.924. The summed E-state index contributed by atoms with van der Waals surface area (Å²) in [5, 5.41) is 19.2. The van der Waals surface area contributed by atoms with Crippen molar-refractivity contribution >= 4 is 17.7 Å². The van der Waals surface area contributed by atoms with E-state index in [4.69, 9.17) is 9.84 Å². The summed E-state index contributed by atoms with van der Waals surface area (Å²) in [6, 6.07) is 4.27. The van der Waals surface area contributed by atoms with Crippen LogP contribution < -0.4 is 4.74 Å². The molecular weight excluding hydrogens is 214 g/mol. The van der Waals surface area contributed by atoms with Crippen molar-refractivity contribution in [1.82, 2.24) is 0 Å². The van der Waals surface area contributed by atoms with Crippen LogP contribution in [0.2, 0.25) is 0 Å². The first-order valence-corrected chi connectivity index (χ1v) is 4.28. The molecule has 0 aromatic heterocycles. The van der Waals surface area contributed by atoms with E-state index in [1.54, 1.807) is 0 Å². The van der Waals surface area contributed by atoms with Crippen molar-refractivity contribution in [3.05, 3.63) is 40.0 Å². The van der Waals surface area contributed by atoms with Crippen molar-refractivity contribution in [2.45, 2.75) is 0 Å². The molecule has 0 heterocycles. The van der Waals surface area contributed by atoms with Gasteiger partial charge in [-0.05, 0) is 12.1 Å². The van der Waals surface area contributed by atoms with Gasteiger partial charge in [0, 0.05) is 12.1 Å². The Bertz CT molecular complexity index is 453. The maximum atomic E-state index is 10.7. The second kappa shape index (κ2) is 4.92. The SMILES string of the molecule is COc1cccc([N+](=O)[O-])c1C=CC(=O)O. The molecule has 0 aliphatic heterocycles. The first-order valence-electron chi connectivity index (χ1n) is 4.28. The van der Waals surface area contributed by atoms with Gasteiger partial charge < -0.3 is 9.84 Å². The number of aliphatic carboxylic acids is 1. The van der Waals surface area contributed by atoms with E-state index in [1.807, 2.05) is 0 Å². The standard InChI is InChI=1S/C10H9NO5/c1-16-9-4-2-3-8(11(14)15)7(9)5-6-10(12)13/h2-6H,1H3,(H,12,13). The Kier molecular flexibility index (Phi) is 3.60. The van der Waals surface area contributed by atoms with Crippen LogP contribution in [0.3, 0.4) is 0 Å². The third kappa shape index (κ3) is 2.57. The van der Waals surface area contributed by atoms with Crippen molar-refractivity contribution in [3.63, 3.8) is 0 Å². The summed E-state index contributed by atoms with van der Waals surface area (Å²) in [5.41, 5.74) is -0.0609. The van der Waals surface area contributed by atoms with Gasteiger partial charge in [0.15, 0.2) is 0 Å². The van der Waals surface area contributed by atoms with E-state index >= 15 is 0 Å². The van der Waals surface area contributed by atoms with E-state index in [0.29, 0.717) is 0 Å². The van der Waals surface area contributed by atoms with Gasteiger partial charge in [-0.3, -0.25) is 10.1 Å². The van der Waals surface area contributed by atoms with Crippen molar-refractivity contribution < 1.29 is 19.6 Å². The molecule has 0 fully saturated rings. The predicted molar refractivity (Wildman–Crippen MR) is 56.3 cm³/mol. The lowest BCUT2D eigenvalue weighted by Crippen LogP contribution is -1.95. The van der Waals surface area contributed by atoms with Gasteiger partial charge in [0.2, 0.25) is 0 Å². The molecule has 84 valence electrons. The second-order valence-corrected chi connectivity index (χ2v) is 2.82. The molecule has 1 aromatic carbocycles. The van der Waals surface area contributed by atoms with Gasteiger partial charge in [-0.2, -0.15) is 0 Å². The van der Waals surface area contributed by atoms with Gasteiger partial charge in [0.25, 0.3) is 5.69 Å². The maximum absolute atomic E-state index is 10.7. The summed E-state index contributed by atoms with van der Waals surface area (Å²) in [7, 11) is 1.36. The number of carboxylic acids is 1. The summed E-state index contributed by atoms with van der Waals surface area (Å²) < 4.78 is 4.92. The van der Waals surface area contributed by atoms with Crippen molar-refractivity contribution in [2.75, 3.05) is 7.11 Å². The van der Waals surface area contributed by atoms with Gasteiger partial charge in [0.05, 0.1) is 17.6 Å². The summed E-state index contributed by atoms with van der Waals surface area (Å²) in [6.45, 7) is 0. The minimum absolute atomic E-state index is 0.136. The number of ether oxygens (including phenoxy) is 1. The third-order valence-electron chi connectivity index (χ3n) is 1.85. The average Bonchev–Trinajstić information content (AvgIpc) is 2.25. The highest BCUT2D eigenvalue weighted by Gasteiger charge is 2.15. The quantitative estimate of drug-likeness (QED) is 0.476. The molecule has 16 heavy (non-hydrogen) atoms. The molecule has 0 bridgehead atoms. The molecule has 0 atom stereocenters. The first-order chi connectivity index (χ1) is 7.56. The highest BCUT2D eigenvalue weighted by Crippen LogP contribution is 2.29. The molecule has 0 aliphatic rings. The Labute approximate surface area is 90.9 Å². The fourth-order valence-corrected chi connectivity index (χ4v) is 1.19. The number of nitro benzene ring substituents is 1. The van der Waals surface area contributed by atoms with Gasteiger partial charge in [-0.15, -0.1) is 0 Å². The Morgan fingerprint density at radius 3 is 2.75 bits per heavy atom. The molecule has 1 aromatic rings. The smallest absolute Gasteiger partial charge is 0.328 e. The van der Waals surface area contributed by atoms with Crippen LogP contribution in [-0.4, -0.2) is 23.1 Å². The van der Waals surface area contributed by atoms with Crippen LogP contribution in [0, 0.1) is 10.1 Å². The fourth-order valence-electron chi connectivity index (χ4n) is 1.19. The molecule has 6 heteroatoms. The van der Waals surface area contributed by atoms with Crippen LogP contribution >= 0.6 is 0 Å². The number of nitrogens with zero attached hydrogens (tertiary/aromatic N) is 1. The summed E-state index contributed by atoms with van der Waals surface area (Å²) in [4.78, 5) is 20.5. The van der Waals surface area contributed by atoms with E-state index < -0.39 is 10.9 Å². The van der Waals surface area contributed by atoms with Crippen LogP contribution in [0.4, 0.5) is 5.69 Å².